The highest BCUT2D eigenvalue weighted by Gasteiger charge is 2.14. The van der Waals surface area contributed by atoms with E-state index in [4.69, 9.17) is 14.2 Å². The number of hydrogen-bond donors (Lipinski definition) is 0. The van der Waals surface area contributed by atoms with Gasteiger partial charge in [-0.05, 0) is 34.5 Å². The third-order valence-electron chi connectivity index (χ3n) is 2.40. The van der Waals surface area contributed by atoms with Crippen LogP contribution in [0.1, 0.15) is 12.8 Å². The van der Waals surface area contributed by atoms with Crippen LogP contribution in [0.5, 0.6) is 5.75 Å². The standard InChI is InChI=1S/C12H14BrFO3/c13-10-3-2-9(14)8-11(10)15-7-4-12-16-5-1-6-17-12/h2-3,8,12H,1,4-7H2. The lowest BCUT2D eigenvalue weighted by molar-refractivity contribution is -0.183. The van der Waals surface area contributed by atoms with Crippen LogP contribution < -0.4 is 4.74 Å². The molecule has 1 saturated heterocycles. The first-order valence-corrected chi connectivity index (χ1v) is 6.36. The molecule has 1 fully saturated rings. The molecule has 2 rings (SSSR count). The van der Waals surface area contributed by atoms with Gasteiger partial charge in [0.15, 0.2) is 6.29 Å². The van der Waals surface area contributed by atoms with Crippen LogP contribution in [-0.4, -0.2) is 26.1 Å². The second-order valence-corrected chi connectivity index (χ2v) is 4.59. The summed E-state index contributed by atoms with van der Waals surface area (Å²) in [5.41, 5.74) is 0. The fourth-order valence-corrected chi connectivity index (χ4v) is 1.92. The largest absolute Gasteiger partial charge is 0.492 e. The predicted molar refractivity (Wildman–Crippen MR) is 64.5 cm³/mol. The van der Waals surface area contributed by atoms with Crippen molar-refractivity contribution in [3.63, 3.8) is 0 Å². The molecule has 0 amide bonds. The van der Waals surface area contributed by atoms with Crippen molar-refractivity contribution in [1.82, 2.24) is 0 Å². The molecule has 0 atom stereocenters. The van der Waals surface area contributed by atoms with Crippen molar-refractivity contribution < 1.29 is 18.6 Å². The summed E-state index contributed by atoms with van der Waals surface area (Å²) in [5, 5.41) is 0. The Labute approximate surface area is 108 Å². The third-order valence-corrected chi connectivity index (χ3v) is 3.06. The molecule has 0 aliphatic carbocycles. The van der Waals surface area contributed by atoms with Crippen molar-refractivity contribution in [2.75, 3.05) is 19.8 Å². The Kier molecular flexibility index (Phi) is 4.76. The van der Waals surface area contributed by atoms with Crippen LogP contribution in [0.15, 0.2) is 22.7 Å². The van der Waals surface area contributed by atoms with Gasteiger partial charge in [0.2, 0.25) is 0 Å². The summed E-state index contributed by atoms with van der Waals surface area (Å²) >= 11 is 3.30. The molecule has 0 radical (unpaired) electrons. The minimum Gasteiger partial charge on any atom is -0.492 e. The Morgan fingerprint density at radius 1 is 1.35 bits per heavy atom. The van der Waals surface area contributed by atoms with Crippen LogP contribution in [0, 0.1) is 5.82 Å². The molecule has 0 bridgehead atoms. The van der Waals surface area contributed by atoms with Gasteiger partial charge in [0.25, 0.3) is 0 Å². The van der Waals surface area contributed by atoms with Crippen LogP contribution in [0.25, 0.3) is 0 Å². The topological polar surface area (TPSA) is 27.7 Å². The summed E-state index contributed by atoms with van der Waals surface area (Å²) in [5.74, 6) is 0.189. The van der Waals surface area contributed by atoms with Crippen LogP contribution in [0.2, 0.25) is 0 Å². The second-order valence-electron chi connectivity index (χ2n) is 3.74. The number of halogens is 2. The molecule has 0 saturated carbocycles. The minimum atomic E-state index is -0.312. The maximum absolute atomic E-state index is 13.0. The third kappa shape index (κ3) is 3.94. The van der Waals surface area contributed by atoms with Gasteiger partial charge < -0.3 is 14.2 Å². The van der Waals surface area contributed by atoms with Gasteiger partial charge in [0.05, 0.1) is 24.3 Å². The summed E-state index contributed by atoms with van der Waals surface area (Å²) in [6.07, 6.45) is 1.38. The Hall–Kier alpha value is -0.650. The Balaban J connectivity index is 1.79. The molecule has 1 heterocycles. The zero-order valence-corrected chi connectivity index (χ0v) is 10.9. The van der Waals surface area contributed by atoms with Crippen LogP contribution in [0.4, 0.5) is 4.39 Å². The van der Waals surface area contributed by atoms with Gasteiger partial charge in [-0.15, -0.1) is 0 Å². The zero-order chi connectivity index (χ0) is 12.1. The molecule has 0 unspecified atom stereocenters. The zero-order valence-electron chi connectivity index (χ0n) is 9.33. The van der Waals surface area contributed by atoms with Crippen molar-refractivity contribution in [3.05, 3.63) is 28.5 Å². The highest BCUT2D eigenvalue weighted by molar-refractivity contribution is 9.10. The lowest BCUT2D eigenvalue weighted by Crippen LogP contribution is -2.26. The van der Waals surface area contributed by atoms with Crippen LogP contribution in [0.3, 0.4) is 0 Å². The molecular formula is C12H14BrFO3. The summed E-state index contributed by atoms with van der Waals surface area (Å²) in [7, 11) is 0. The van der Waals surface area contributed by atoms with Gasteiger partial charge >= 0.3 is 0 Å². The van der Waals surface area contributed by atoms with Crippen LogP contribution >= 0.6 is 15.9 Å². The molecule has 1 aliphatic rings. The Morgan fingerprint density at radius 3 is 2.88 bits per heavy atom. The van der Waals surface area contributed by atoms with Crippen molar-refractivity contribution in [1.29, 1.82) is 0 Å². The molecule has 17 heavy (non-hydrogen) atoms. The van der Waals surface area contributed by atoms with Crippen LogP contribution in [-0.2, 0) is 9.47 Å². The first kappa shape index (κ1) is 12.8. The molecule has 1 aromatic carbocycles. The fourth-order valence-electron chi connectivity index (χ4n) is 1.56. The van der Waals surface area contributed by atoms with E-state index in [1.165, 1.54) is 12.1 Å². The van der Waals surface area contributed by atoms with Crippen molar-refractivity contribution in [2.24, 2.45) is 0 Å². The fraction of sp³-hybridized carbons (Fsp3) is 0.500. The molecule has 1 aliphatic heterocycles. The summed E-state index contributed by atoms with van der Waals surface area (Å²) in [6.45, 7) is 1.90. The van der Waals surface area contributed by atoms with Crippen molar-refractivity contribution in [2.45, 2.75) is 19.1 Å². The van der Waals surface area contributed by atoms with Crippen molar-refractivity contribution in [3.8, 4) is 5.75 Å². The van der Waals surface area contributed by atoms with Gasteiger partial charge in [0.1, 0.15) is 11.6 Å². The summed E-state index contributed by atoms with van der Waals surface area (Å²) in [4.78, 5) is 0. The SMILES string of the molecule is Fc1ccc(Br)c(OCCC2OCCCO2)c1. The van der Waals surface area contributed by atoms with Gasteiger partial charge in [-0.2, -0.15) is 0 Å². The molecule has 5 heteroatoms. The Bertz CT molecular complexity index is 367. The highest BCUT2D eigenvalue weighted by atomic mass is 79.9. The van der Waals surface area contributed by atoms with Gasteiger partial charge in [-0.1, -0.05) is 0 Å². The number of hydrogen-bond acceptors (Lipinski definition) is 3. The molecule has 3 nitrogen and oxygen atoms in total. The molecule has 1 aromatic rings. The number of ether oxygens (including phenoxy) is 3. The lowest BCUT2D eigenvalue weighted by atomic mass is 10.3. The van der Waals surface area contributed by atoms with E-state index in [2.05, 4.69) is 15.9 Å². The molecule has 94 valence electrons. The maximum atomic E-state index is 13.0. The normalized spacial score (nSPS) is 17.1. The van der Waals surface area contributed by atoms with Crippen molar-refractivity contribution >= 4 is 15.9 Å². The first-order valence-electron chi connectivity index (χ1n) is 5.57. The van der Waals surface area contributed by atoms with E-state index in [-0.39, 0.29) is 12.1 Å². The summed E-state index contributed by atoms with van der Waals surface area (Å²) in [6, 6.07) is 4.36. The predicted octanol–water partition coefficient (Wildman–Crippen LogP) is 3.12. The summed E-state index contributed by atoms with van der Waals surface area (Å²) < 4.78 is 30.0. The minimum absolute atomic E-state index is 0.198. The average molecular weight is 305 g/mol. The van der Waals surface area contributed by atoms with E-state index in [0.29, 0.717) is 18.8 Å². The maximum Gasteiger partial charge on any atom is 0.160 e. The van der Waals surface area contributed by atoms with E-state index >= 15 is 0 Å². The molecule has 0 spiro atoms. The quantitative estimate of drug-likeness (QED) is 0.855. The smallest absolute Gasteiger partial charge is 0.160 e. The van der Waals surface area contributed by atoms with Gasteiger partial charge in [0, 0.05) is 12.5 Å². The van der Waals surface area contributed by atoms with E-state index < -0.39 is 0 Å². The first-order chi connectivity index (χ1) is 8.25. The molecule has 0 aromatic heterocycles. The average Bonchev–Trinajstić information content (AvgIpc) is 2.35. The van der Waals surface area contributed by atoms with Gasteiger partial charge in [-0.3, -0.25) is 0 Å². The van der Waals surface area contributed by atoms with E-state index in [1.807, 2.05) is 0 Å². The Morgan fingerprint density at radius 2 is 2.12 bits per heavy atom. The highest BCUT2D eigenvalue weighted by Crippen LogP contribution is 2.25. The lowest BCUT2D eigenvalue weighted by Gasteiger charge is -2.23. The second kappa shape index (κ2) is 6.33. The molecule has 0 N–H and O–H groups in total. The number of rotatable bonds is 4. The molecular weight excluding hydrogens is 291 g/mol. The van der Waals surface area contributed by atoms with E-state index in [9.17, 15) is 4.39 Å². The monoisotopic (exact) mass is 304 g/mol. The van der Waals surface area contributed by atoms with E-state index in [0.717, 1.165) is 24.1 Å². The number of benzene rings is 1. The van der Waals surface area contributed by atoms with Gasteiger partial charge in [-0.25, -0.2) is 4.39 Å². The van der Waals surface area contributed by atoms with E-state index in [1.54, 1.807) is 6.07 Å².